The van der Waals surface area contributed by atoms with E-state index < -0.39 is 21.9 Å². The second kappa shape index (κ2) is 8.31. The lowest BCUT2D eigenvalue weighted by Gasteiger charge is -2.37. The highest BCUT2D eigenvalue weighted by Gasteiger charge is 2.41. The van der Waals surface area contributed by atoms with Crippen LogP contribution in [0.5, 0.6) is 0 Å². The number of sulfonamides is 1. The molecule has 0 atom stereocenters. The molecule has 134 valence electrons. The van der Waals surface area contributed by atoms with Crippen LogP contribution in [0.3, 0.4) is 0 Å². The third kappa shape index (κ3) is 4.16. The zero-order valence-corrected chi connectivity index (χ0v) is 13.9. The third-order valence-corrected chi connectivity index (χ3v) is 5.50. The van der Waals surface area contributed by atoms with E-state index in [2.05, 4.69) is 0 Å². The quantitative estimate of drug-likeness (QED) is 0.276. The average Bonchev–Trinajstić information content (AvgIpc) is 2.45. The van der Waals surface area contributed by atoms with E-state index in [0.29, 0.717) is 5.48 Å². The van der Waals surface area contributed by atoms with Crippen molar-refractivity contribution in [1.82, 2.24) is 4.31 Å². The van der Waals surface area contributed by atoms with Crippen molar-refractivity contribution < 1.29 is 33.7 Å². The number of rotatable bonds is 7. The van der Waals surface area contributed by atoms with Crippen molar-refractivity contribution in [3.8, 4) is 0 Å². The molecule has 0 amide bonds. The SMILES string of the molecule is CCOC(=O)CC(=O)C1CN(S(=O)(=O)c2ccccc2[NH2+][O-])C1.O. The van der Waals surface area contributed by atoms with Gasteiger partial charge >= 0.3 is 5.97 Å². The molecule has 10 heteroatoms. The summed E-state index contributed by atoms with van der Waals surface area (Å²) in [5, 5.41) is 11.0. The van der Waals surface area contributed by atoms with Crippen molar-refractivity contribution in [1.29, 1.82) is 0 Å². The fourth-order valence-electron chi connectivity index (χ4n) is 2.29. The second-order valence-corrected chi connectivity index (χ2v) is 7.03. The smallest absolute Gasteiger partial charge is 0.313 e. The lowest BCUT2D eigenvalue weighted by molar-refractivity contribution is -0.499. The topological polar surface area (TPSA) is 152 Å². The van der Waals surface area contributed by atoms with E-state index in [1.54, 1.807) is 13.0 Å². The molecule has 4 N–H and O–H groups in total. The van der Waals surface area contributed by atoms with E-state index >= 15 is 0 Å². The monoisotopic (exact) mass is 360 g/mol. The summed E-state index contributed by atoms with van der Waals surface area (Å²) in [7, 11) is -3.82. The molecule has 1 fully saturated rings. The molecule has 1 aromatic carbocycles. The Bertz CT molecular complexity index is 699. The van der Waals surface area contributed by atoms with Gasteiger partial charge in [0.15, 0.2) is 0 Å². The minimum absolute atomic E-state index is 0. The molecule has 24 heavy (non-hydrogen) atoms. The minimum atomic E-state index is -3.82. The van der Waals surface area contributed by atoms with E-state index in [4.69, 9.17) is 4.74 Å². The first-order chi connectivity index (χ1) is 10.9. The predicted molar refractivity (Wildman–Crippen MR) is 83.5 cm³/mol. The van der Waals surface area contributed by atoms with Crippen molar-refractivity contribution in [3.63, 3.8) is 0 Å². The average molecular weight is 360 g/mol. The molecule has 1 aliphatic heterocycles. The highest BCUT2D eigenvalue weighted by Crippen LogP contribution is 2.28. The summed E-state index contributed by atoms with van der Waals surface area (Å²) in [5.74, 6) is -1.46. The maximum atomic E-state index is 12.5. The van der Waals surface area contributed by atoms with Crippen molar-refractivity contribution in [2.24, 2.45) is 5.92 Å². The normalized spacial score (nSPS) is 15.2. The fraction of sp³-hybridized carbons (Fsp3) is 0.429. The van der Waals surface area contributed by atoms with Crippen molar-refractivity contribution >= 4 is 27.5 Å². The molecule has 0 aromatic heterocycles. The van der Waals surface area contributed by atoms with Gasteiger partial charge < -0.3 is 20.9 Å². The molecule has 0 radical (unpaired) electrons. The molecular weight excluding hydrogens is 340 g/mol. The van der Waals surface area contributed by atoms with E-state index in [1.165, 1.54) is 18.2 Å². The zero-order valence-electron chi connectivity index (χ0n) is 13.1. The van der Waals surface area contributed by atoms with Gasteiger partial charge in [0.05, 0.1) is 6.61 Å². The Kier molecular flexibility index (Phi) is 6.99. The van der Waals surface area contributed by atoms with Gasteiger partial charge in [-0.3, -0.25) is 9.59 Å². The lowest BCUT2D eigenvalue weighted by atomic mass is 9.96. The van der Waals surface area contributed by atoms with Gasteiger partial charge in [-0.25, -0.2) is 8.42 Å². The summed E-state index contributed by atoms with van der Waals surface area (Å²) >= 11 is 0. The van der Waals surface area contributed by atoms with E-state index in [-0.39, 0.29) is 48.0 Å². The summed E-state index contributed by atoms with van der Waals surface area (Å²) in [4.78, 5) is 23.1. The van der Waals surface area contributed by atoms with E-state index in [0.717, 1.165) is 4.31 Å². The van der Waals surface area contributed by atoms with E-state index in [1.807, 2.05) is 0 Å². The molecule has 1 heterocycles. The molecule has 0 aliphatic carbocycles. The van der Waals surface area contributed by atoms with E-state index in [9.17, 15) is 23.2 Å². The molecule has 0 bridgehead atoms. The Hall–Kier alpha value is -1.85. The summed E-state index contributed by atoms with van der Waals surface area (Å²) in [5.41, 5.74) is 0.560. The number of Topliss-reactive ketones (excluding diaryl/α,β-unsaturated/α-hetero) is 1. The van der Waals surface area contributed by atoms with Crippen LogP contribution in [-0.2, 0) is 24.3 Å². The zero-order chi connectivity index (χ0) is 17.0. The fourth-order valence-corrected chi connectivity index (χ4v) is 3.98. The molecule has 0 saturated carbocycles. The number of ether oxygens (including phenoxy) is 1. The summed E-state index contributed by atoms with van der Waals surface area (Å²) in [6, 6.07) is 5.88. The lowest BCUT2D eigenvalue weighted by Crippen LogP contribution is -2.71. The Morgan fingerprint density at radius 1 is 1.33 bits per heavy atom. The number of quaternary nitrogens is 1. The van der Waals surface area contributed by atoms with Gasteiger partial charge in [0, 0.05) is 25.1 Å². The molecule has 1 aliphatic rings. The van der Waals surface area contributed by atoms with Crippen LogP contribution in [-0.4, -0.2) is 49.6 Å². The Morgan fingerprint density at radius 3 is 2.54 bits per heavy atom. The van der Waals surface area contributed by atoms with Crippen LogP contribution in [0.4, 0.5) is 5.69 Å². The molecule has 9 nitrogen and oxygen atoms in total. The molecule has 1 aromatic rings. The largest absolute Gasteiger partial charge is 0.630 e. The van der Waals surface area contributed by atoms with Crippen molar-refractivity contribution in [2.45, 2.75) is 18.2 Å². The van der Waals surface area contributed by atoms with Gasteiger partial charge in [-0.1, -0.05) is 12.1 Å². The Balaban J connectivity index is 0.00000288. The summed E-state index contributed by atoms with van der Waals surface area (Å²) in [6.07, 6.45) is -0.350. The predicted octanol–water partition coefficient (Wildman–Crippen LogP) is -1.30. The first-order valence-corrected chi connectivity index (χ1v) is 8.56. The minimum Gasteiger partial charge on any atom is -0.630 e. The third-order valence-electron chi connectivity index (χ3n) is 3.59. The summed E-state index contributed by atoms with van der Waals surface area (Å²) < 4.78 is 30.7. The Morgan fingerprint density at radius 2 is 1.96 bits per heavy atom. The molecule has 0 spiro atoms. The number of carbonyl (C=O) groups excluding carboxylic acids is 2. The standard InChI is InChI=1S/C14H18N2O6S.H2O/c1-2-22-14(18)7-12(17)10-8-16(9-10)23(20,21)13-6-4-3-5-11(13)15-19;/h3-6,10H,2,7-9,15H2,1H3;1H2. The molecule has 0 unspecified atom stereocenters. The van der Waals surface area contributed by atoms with Crippen LogP contribution in [0, 0.1) is 11.1 Å². The van der Waals surface area contributed by atoms with Gasteiger partial charge in [-0.15, -0.1) is 0 Å². The number of hydrogen-bond donors (Lipinski definition) is 1. The highest BCUT2D eigenvalue weighted by atomic mass is 32.2. The number of hydrogen-bond acceptors (Lipinski definition) is 6. The highest BCUT2D eigenvalue weighted by molar-refractivity contribution is 7.89. The Labute approximate surface area is 139 Å². The molecular formula is C14H20N2O7S. The van der Waals surface area contributed by atoms with Crippen LogP contribution in [0.1, 0.15) is 13.3 Å². The number of benzene rings is 1. The van der Waals surface area contributed by atoms with Gasteiger partial charge in [-0.2, -0.15) is 4.31 Å². The maximum absolute atomic E-state index is 12.5. The number of nitrogens with zero attached hydrogens (tertiary/aromatic N) is 1. The number of nitrogens with two attached hydrogens (primary N) is 1. The first kappa shape index (κ1) is 20.2. The van der Waals surface area contributed by atoms with Crippen LogP contribution in [0.15, 0.2) is 29.2 Å². The number of esters is 1. The second-order valence-electron chi connectivity index (χ2n) is 5.12. The molecule has 2 rings (SSSR count). The van der Waals surface area contributed by atoms with Gasteiger partial charge in [0.2, 0.25) is 10.0 Å². The van der Waals surface area contributed by atoms with Crippen LogP contribution in [0.25, 0.3) is 0 Å². The van der Waals surface area contributed by atoms with Gasteiger partial charge in [-0.05, 0) is 13.0 Å². The molecule has 1 saturated heterocycles. The van der Waals surface area contributed by atoms with Crippen LogP contribution in [0.2, 0.25) is 0 Å². The van der Waals surface area contributed by atoms with Crippen molar-refractivity contribution in [3.05, 3.63) is 29.5 Å². The van der Waals surface area contributed by atoms with Crippen molar-refractivity contribution in [2.75, 3.05) is 19.7 Å². The van der Waals surface area contributed by atoms with Gasteiger partial charge in [0.25, 0.3) is 0 Å². The summed E-state index contributed by atoms with van der Waals surface area (Å²) in [6.45, 7) is 1.85. The van der Waals surface area contributed by atoms with Crippen LogP contribution < -0.4 is 5.48 Å². The maximum Gasteiger partial charge on any atom is 0.313 e. The first-order valence-electron chi connectivity index (χ1n) is 7.12. The van der Waals surface area contributed by atoms with Gasteiger partial charge in [0.1, 0.15) is 22.8 Å². The van der Waals surface area contributed by atoms with Crippen LogP contribution >= 0.6 is 0 Å². The number of carbonyl (C=O) groups is 2. The number of ketones is 1.